The summed E-state index contributed by atoms with van der Waals surface area (Å²) in [6, 6.07) is 15.6. The topological polar surface area (TPSA) is 55.1 Å². The summed E-state index contributed by atoms with van der Waals surface area (Å²) in [5.74, 6) is 0.125. The van der Waals surface area contributed by atoms with Crippen LogP contribution in [0.4, 0.5) is 5.69 Å². The number of carbonyl (C=O) groups excluding carboxylic acids is 1. The van der Waals surface area contributed by atoms with E-state index >= 15 is 0 Å². The van der Waals surface area contributed by atoms with E-state index in [1.54, 1.807) is 48.5 Å². The Labute approximate surface area is 176 Å². The first kappa shape index (κ1) is 18.8. The Morgan fingerprint density at radius 1 is 1.00 bits per heavy atom. The molecule has 0 fully saturated rings. The zero-order valence-corrected chi connectivity index (χ0v) is 16.9. The molecule has 1 aromatic heterocycles. The van der Waals surface area contributed by atoms with Crippen LogP contribution in [-0.4, -0.2) is 10.9 Å². The van der Waals surface area contributed by atoms with E-state index in [9.17, 15) is 4.79 Å². The number of aryl methyl sites for hydroxylation is 1. The van der Waals surface area contributed by atoms with Crippen molar-refractivity contribution in [2.45, 2.75) is 6.92 Å². The van der Waals surface area contributed by atoms with Crippen molar-refractivity contribution in [2.24, 2.45) is 0 Å². The highest BCUT2D eigenvalue weighted by molar-refractivity contribution is 6.38. The van der Waals surface area contributed by atoms with Crippen molar-refractivity contribution in [1.82, 2.24) is 4.98 Å². The molecule has 1 heterocycles. The lowest BCUT2D eigenvalue weighted by Gasteiger charge is -2.07. The molecule has 0 saturated heterocycles. The summed E-state index contributed by atoms with van der Waals surface area (Å²) in [4.78, 5) is 16.9. The molecule has 28 heavy (non-hydrogen) atoms. The van der Waals surface area contributed by atoms with Gasteiger partial charge in [-0.3, -0.25) is 4.79 Å². The number of hydrogen-bond donors (Lipinski definition) is 1. The first-order valence-electron chi connectivity index (χ1n) is 8.34. The second kappa shape index (κ2) is 7.47. The van der Waals surface area contributed by atoms with Crippen LogP contribution in [-0.2, 0) is 0 Å². The van der Waals surface area contributed by atoms with Gasteiger partial charge in [0.25, 0.3) is 5.91 Å². The second-order valence-electron chi connectivity index (χ2n) is 6.25. The molecule has 1 N–H and O–H groups in total. The Morgan fingerprint density at radius 2 is 1.82 bits per heavy atom. The van der Waals surface area contributed by atoms with E-state index in [-0.39, 0.29) is 5.91 Å². The Hall–Kier alpha value is -2.53. The second-order valence-corrected chi connectivity index (χ2v) is 7.50. The van der Waals surface area contributed by atoms with Crippen molar-refractivity contribution >= 4 is 57.5 Å². The van der Waals surface area contributed by atoms with Crippen molar-refractivity contribution in [3.05, 3.63) is 80.8 Å². The Bertz CT molecular complexity index is 1220. The highest BCUT2D eigenvalue weighted by Crippen LogP contribution is 2.32. The van der Waals surface area contributed by atoms with E-state index in [4.69, 9.17) is 39.2 Å². The number of rotatable bonds is 3. The predicted molar refractivity (Wildman–Crippen MR) is 114 cm³/mol. The van der Waals surface area contributed by atoms with Crippen LogP contribution >= 0.6 is 34.8 Å². The van der Waals surface area contributed by atoms with E-state index in [1.807, 2.05) is 13.0 Å². The van der Waals surface area contributed by atoms with Gasteiger partial charge in [-0.25, -0.2) is 4.98 Å². The maximum absolute atomic E-state index is 12.5. The van der Waals surface area contributed by atoms with Crippen LogP contribution in [0, 0.1) is 6.92 Å². The molecular weight excluding hydrogens is 419 g/mol. The molecule has 4 nitrogen and oxygen atoms in total. The molecule has 140 valence electrons. The average molecular weight is 432 g/mol. The fraction of sp³-hybridized carbons (Fsp3) is 0.0476. The van der Waals surface area contributed by atoms with Crippen LogP contribution in [0.1, 0.15) is 15.9 Å². The van der Waals surface area contributed by atoms with Gasteiger partial charge in [-0.15, -0.1) is 0 Å². The smallest absolute Gasteiger partial charge is 0.255 e. The summed E-state index contributed by atoms with van der Waals surface area (Å²) in [7, 11) is 0. The number of hydrogen-bond acceptors (Lipinski definition) is 3. The largest absolute Gasteiger partial charge is 0.435 e. The SMILES string of the molecule is Cc1ccc(C(=O)Nc2cccc(-c3nc4cc(Cl)cc(Cl)c4o3)c2)cc1Cl. The maximum atomic E-state index is 12.5. The molecule has 0 saturated carbocycles. The van der Waals surface area contributed by atoms with E-state index < -0.39 is 0 Å². The highest BCUT2D eigenvalue weighted by atomic mass is 35.5. The van der Waals surface area contributed by atoms with Gasteiger partial charge in [0.1, 0.15) is 5.52 Å². The third kappa shape index (κ3) is 3.72. The molecule has 0 atom stereocenters. The number of carbonyl (C=O) groups is 1. The molecule has 0 bridgehead atoms. The predicted octanol–water partition coefficient (Wildman–Crippen LogP) is 7.02. The van der Waals surface area contributed by atoms with Gasteiger partial charge in [0.15, 0.2) is 5.58 Å². The lowest BCUT2D eigenvalue weighted by Crippen LogP contribution is -2.11. The molecule has 7 heteroatoms. The Morgan fingerprint density at radius 3 is 2.61 bits per heavy atom. The summed E-state index contributed by atoms with van der Waals surface area (Å²) < 4.78 is 5.78. The molecule has 0 aliphatic rings. The van der Waals surface area contributed by atoms with Crippen LogP contribution in [0.3, 0.4) is 0 Å². The number of nitrogens with zero attached hydrogens (tertiary/aromatic N) is 1. The number of oxazole rings is 1. The average Bonchev–Trinajstić information content (AvgIpc) is 3.08. The third-order valence-corrected chi connectivity index (χ3v) is 5.12. The van der Waals surface area contributed by atoms with Crippen molar-refractivity contribution in [3.63, 3.8) is 0 Å². The molecule has 3 aromatic carbocycles. The number of fused-ring (bicyclic) bond motifs is 1. The highest BCUT2D eigenvalue weighted by Gasteiger charge is 2.14. The molecule has 1 amide bonds. The first-order valence-corrected chi connectivity index (χ1v) is 9.47. The van der Waals surface area contributed by atoms with E-state index in [0.717, 1.165) is 5.56 Å². The monoisotopic (exact) mass is 430 g/mol. The van der Waals surface area contributed by atoms with Gasteiger partial charge >= 0.3 is 0 Å². The summed E-state index contributed by atoms with van der Waals surface area (Å²) in [5, 5.41) is 4.27. The minimum atomic E-state index is -0.258. The summed E-state index contributed by atoms with van der Waals surface area (Å²) in [6.45, 7) is 1.88. The van der Waals surface area contributed by atoms with Gasteiger partial charge in [-0.05, 0) is 55.0 Å². The summed E-state index contributed by atoms with van der Waals surface area (Å²) >= 11 is 18.3. The van der Waals surface area contributed by atoms with Gasteiger partial charge < -0.3 is 9.73 Å². The summed E-state index contributed by atoms with van der Waals surface area (Å²) in [5.41, 5.74) is 3.72. The first-order chi connectivity index (χ1) is 13.4. The zero-order valence-electron chi connectivity index (χ0n) is 14.6. The molecule has 0 spiro atoms. The zero-order chi connectivity index (χ0) is 19.8. The van der Waals surface area contributed by atoms with Crippen LogP contribution in [0.25, 0.3) is 22.6 Å². The van der Waals surface area contributed by atoms with Crippen molar-refractivity contribution in [2.75, 3.05) is 5.32 Å². The van der Waals surface area contributed by atoms with Gasteiger partial charge in [0.2, 0.25) is 5.89 Å². The maximum Gasteiger partial charge on any atom is 0.255 e. The minimum absolute atomic E-state index is 0.258. The molecular formula is C21H13Cl3N2O2. The lowest BCUT2D eigenvalue weighted by atomic mass is 10.1. The number of amides is 1. The van der Waals surface area contributed by atoms with Crippen LogP contribution < -0.4 is 5.32 Å². The third-order valence-electron chi connectivity index (χ3n) is 4.21. The summed E-state index contributed by atoms with van der Waals surface area (Å²) in [6.07, 6.45) is 0. The fourth-order valence-corrected chi connectivity index (χ4v) is 3.45. The van der Waals surface area contributed by atoms with E-state index in [2.05, 4.69) is 10.3 Å². The molecule has 0 unspecified atom stereocenters. The van der Waals surface area contributed by atoms with Gasteiger partial charge in [0, 0.05) is 26.9 Å². The number of benzene rings is 3. The number of anilines is 1. The van der Waals surface area contributed by atoms with Gasteiger partial charge in [-0.2, -0.15) is 0 Å². The Kier molecular flexibility index (Phi) is 5.02. The van der Waals surface area contributed by atoms with Gasteiger partial charge in [0.05, 0.1) is 5.02 Å². The fourth-order valence-electron chi connectivity index (χ4n) is 2.75. The lowest BCUT2D eigenvalue weighted by molar-refractivity contribution is 0.102. The van der Waals surface area contributed by atoms with Gasteiger partial charge in [-0.1, -0.05) is 46.9 Å². The molecule has 0 aliphatic heterocycles. The Balaban J connectivity index is 1.63. The normalized spacial score (nSPS) is 11.0. The minimum Gasteiger partial charge on any atom is -0.435 e. The molecule has 0 radical (unpaired) electrons. The van der Waals surface area contributed by atoms with Crippen molar-refractivity contribution < 1.29 is 9.21 Å². The molecule has 4 aromatic rings. The van der Waals surface area contributed by atoms with E-state index in [0.29, 0.717) is 48.9 Å². The number of aromatic nitrogens is 1. The van der Waals surface area contributed by atoms with Crippen molar-refractivity contribution in [3.8, 4) is 11.5 Å². The quantitative estimate of drug-likeness (QED) is 0.379. The number of halogens is 3. The van der Waals surface area contributed by atoms with Crippen molar-refractivity contribution in [1.29, 1.82) is 0 Å². The standard InChI is InChI=1S/C21H13Cl3N2O2/c1-11-5-6-12(8-16(11)23)20(27)25-15-4-2-3-13(7-15)21-26-18-10-14(22)9-17(24)19(18)28-21/h2-10H,1H3,(H,25,27). The van der Waals surface area contributed by atoms with Crippen LogP contribution in [0.2, 0.25) is 15.1 Å². The molecule has 4 rings (SSSR count). The van der Waals surface area contributed by atoms with E-state index in [1.165, 1.54) is 0 Å². The van der Waals surface area contributed by atoms with Crippen LogP contribution in [0.15, 0.2) is 59.0 Å². The van der Waals surface area contributed by atoms with Crippen LogP contribution in [0.5, 0.6) is 0 Å². The number of nitrogens with one attached hydrogen (secondary N) is 1. The molecule has 0 aliphatic carbocycles.